The Morgan fingerprint density at radius 1 is 1.36 bits per heavy atom. The summed E-state index contributed by atoms with van der Waals surface area (Å²) in [7, 11) is 0. The van der Waals surface area contributed by atoms with Crippen molar-refractivity contribution < 1.29 is 4.79 Å². The normalized spacial score (nSPS) is 21.2. The van der Waals surface area contributed by atoms with Crippen LogP contribution in [0.2, 0.25) is 0 Å². The zero-order valence-corrected chi connectivity index (χ0v) is 6.43. The van der Waals surface area contributed by atoms with Gasteiger partial charge >= 0.3 is 0 Å². The molecule has 0 spiro atoms. The van der Waals surface area contributed by atoms with E-state index < -0.39 is 0 Å². The second-order valence-corrected chi connectivity index (χ2v) is 2.86. The molecule has 0 radical (unpaired) electrons. The van der Waals surface area contributed by atoms with Crippen LogP contribution in [0.25, 0.3) is 0 Å². The molecule has 1 aromatic rings. The molecule has 0 saturated carbocycles. The Morgan fingerprint density at radius 3 is 2.82 bits per heavy atom. The van der Waals surface area contributed by atoms with Crippen LogP contribution in [0.3, 0.4) is 0 Å². The summed E-state index contributed by atoms with van der Waals surface area (Å²) >= 11 is 5.81. The Balaban J connectivity index is 2.60. The van der Waals surface area contributed by atoms with Gasteiger partial charge in [0.05, 0.1) is 0 Å². The van der Waals surface area contributed by atoms with Crippen LogP contribution in [0, 0.1) is 0 Å². The van der Waals surface area contributed by atoms with E-state index in [1.807, 2.05) is 18.2 Å². The van der Waals surface area contributed by atoms with Crippen molar-refractivity contribution in [3.8, 4) is 0 Å². The lowest BCUT2D eigenvalue weighted by Gasteiger charge is -1.98. The average Bonchev–Trinajstić information content (AvgIpc) is 2.30. The molecule has 1 atom stereocenters. The highest BCUT2D eigenvalue weighted by Gasteiger charge is 2.25. The van der Waals surface area contributed by atoms with Gasteiger partial charge in [-0.3, -0.25) is 4.79 Å². The van der Waals surface area contributed by atoms with Gasteiger partial charge in [0.15, 0.2) is 0 Å². The summed E-state index contributed by atoms with van der Waals surface area (Å²) in [6.45, 7) is 0. The van der Waals surface area contributed by atoms with Crippen LogP contribution < -0.4 is 5.32 Å². The standard InChI is InChI=1S/C8H6ClNO/c9-7-5-3-1-2-4-6(5)8(11)10-7/h1-4,7H,(H,10,11). The second-order valence-electron chi connectivity index (χ2n) is 2.42. The highest BCUT2D eigenvalue weighted by atomic mass is 35.5. The summed E-state index contributed by atoms with van der Waals surface area (Å²) in [5.41, 5.74) is 1.21. The first-order valence-corrected chi connectivity index (χ1v) is 3.76. The SMILES string of the molecule is O=C1NC(Cl)c2ccccc21. The van der Waals surface area contributed by atoms with Crippen molar-refractivity contribution in [2.24, 2.45) is 0 Å². The van der Waals surface area contributed by atoms with E-state index in [9.17, 15) is 4.79 Å². The average molecular weight is 168 g/mol. The van der Waals surface area contributed by atoms with Crippen molar-refractivity contribution in [1.29, 1.82) is 0 Å². The lowest BCUT2D eigenvalue weighted by atomic mass is 10.1. The summed E-state index contributed by atoms with van der Waals surface area (Å²) in [6, 6.07) is 7.32. The summed E-state index contributed by atoms with van der Waals surface area (Å²) in [5.74, 6) is -0.0828. The van der Waals surface area contributed by atoms with Crippen LogP contribution in [-0.2, 0) is 0 Å². The Hall–Kier alpha value is -1.02. The van der Waals surface area contributed by atoms with Gasteiger partial charge < -0.3 is 5.32 Å². The molecule has 1 aliphatic heterocycles. The largest absolute Gasteiger partial charge is 0.332 e. The fraction of sp³-hybridized carbons (Fsp3) is 0.125. The van der Waals surface area contributed by atoms with E-state index in [1.54, 1.807) is 6.07 Å². The summed E-state index contributed by atoms with van der Waals surface area (Å²) in [4.78, 5) is 11.1. The minimum Gasteiger partial charge on any atom is -0.332 e. The minimum atomic E-state index is -0.348. The zero-order chi connectivity index (χ0) is 7.84. The number of carbonyl (C=O) groups excluding carboxylic acids is 1. The molecule has 11 heavy (non-hydrogen) atoms. The molecule has 0 aromatic heterocycles. The Bertz CT molecular complexity index is 311. The molecule has 1 aliphatic rings. The molecule has 2 rings (SSSR count). The molecular weight excluding hydrogens is 162 g/mol. The molecular formula is C8H6ClNO. The van der Waals surface area contributed by atoms with Gasteiger partial charge in [-0.25, -0.2) is 0 Å². The van der Waals surface area contributed by atoms with E-state index >= 15 is 0 Å². The molecule has 1 aromatic carbocycles. The summed E-state index contributed by atoms with van der Waals surface area (Å²) < 4.78 is 0. The van der Waals surface area contributed by atoms with Crippen molar-refractivity contribution in [2.75, 3.05) is 0 Å². The Morgan fingerprint density at radius 2 is 2.09 bits per heavy atom. The van der Waals surface area contributed by atoms with Crippen LogP contribution in [0.1, 0.15) is 21.4 Å². The molecule has 1 amide bonds. The topological polar surface area (TPSA) is 29.1 Å². The van der Waals surface area contributed by atoms with Gasteiger partial charge in [-0.15, -0.1) is 0 Å². The monoisotopic (exact) mass is 167 g/mol. The second kappa shape index (κ2) is 2.24. The quantitative estimate of drug-likeness (QED) is 0.462. The summed E-state index contributed by atoms with van der Waals surface area (Å²) in [5, 5.41) is 2.61. The number of halogens is 1. The highest BCUT2D eigenvalue weighted by Crippen LogP contribution is 2.27. The fourth-order valence-corrected chi connectivity index (χ4v) is 1.48. The van der Waals surface area contributed by atoms with Crippen LogP contribution >= 0.6 is 11.6 Å². The Labute approximate surface area is 69.2 Å². The van der Waals surface area contributed by atoms with Crippen LogP contribution in [-0.4, -0.2) is 5.91 Å². The van der Waals surface area contributed by atoms with Crippen molar-refractivity contribution in [1.82, 2.24) is 5.32 Å². The molecule has 1 heterocycles. The molecule has 1 N–H and O–H groups in total. The predicted octanol–water partition coefficient (Wildman–Crippen LogP) is 1.67. The smallest absolute Gasteiger partial charge is 0.253 e. The number of nitrogens with one attached hydrogen (secondary N) is 1. The molecule has 0 fully saturated rings. The Kier molecular flexibility index (Phi) is 1.36. The zero-order valence-electron chi connectivity index (χ0n) is 5.67. The van der Waals surface area contributed by atoms with Crippen LogP contribution in [0.4, 0.5) is 0 Å². The fourth-order valence-electron chi connectivity index (χ4n) is 1.20. The molecule has 1 unspecified atom stereocenters. The molecule has 3 heteroatoms. The maximum atomic E-state index is 11.1. The van der Waals surface area contributed by atoms with Gasteiger partial charge in [-0.05, 0) is 6.07 Å². The lowest BCUT2D eigenvalue weighted by Crippen LogP contribution is -2.14. The lowest BCUT2D eigenvalue weighted by molar-refractivity contribution is 0.0964. The van der Waals surface area contributed by atoms with Crippen LogP contribution in [0.5, 0.6) is 0 Å². The van der Waals surface area contributed by atoms with E-state index in [1.165, 1.54) is 0 Å². The van der Waals surface area contributed by atoms with Gasteiger partial charge in [-0.2, -0.15) is 0 Å². The van der Waals surface area contributed by atoms with E-state index in [2.05, 4.69) is 5.32 Å². The first-order chi connectivity index (χ1) is 5.29. The number of benzene rings is 1. The molecule has 0 bridgehead atoms. The number of fused-ring (bicyclic) bond motifs is 1. The molecule has 56 valence electrons. The van der Waals surface area contributed by atoms with Gasteiger partial charge in [0.2, 0.25) is 0 Å². The van der Waals surface area contributed by atoms with Gasteiger partial charge in [0, 0.05) is 11.1 Å². The first-order valence-electron chi connectivity index (χ1n) is 3.33. The third-order valence-corrected chi connectivity index (χ3v) is 2.08. The number of hydrogen-bond acceptors (Lipinski definition) is 1. The molecule has 2 nitrogen and oxygen atoms in total. The number of hydrogen-bond donors (Lipinski definition) is 1. The van der Waals surface area contributed by atoms with Crippen molar-refractivity contribution >= 4 is 17.5 Å². The van der Waals surface area contributed by atoms with Crippen LogP contribution in [0.15, 0.2) is 24.3 Å². The minimum absolute atomic E-state index is 0.0828. The number of amides is 1. The first kappa shape index (κ1) is 6.68. The van der Waals surface area contributed by atoms with E-state index in [4.69, 9.17) is 11.6 Å². The maximum absolute atomic E-state index is 11.1. The number of carbonyl (C=O) groups is 1. The van der Waals surface area contributed by atoms with Gasteiger partial charge in [0.25, 0.3) is 5.91 Å². The van der Waals surface area contributed by atoms with Gasteiger partial charge in [-0.1, -0.05) is 29.8 Å². The molecule has 0 saturated heterocycles. The van der Waals surface area contributed by atoms with E-state index in [-0.39, 0.29) is 11.4 Å². The number of alkyl halides is 1. The predicted molar refractivity (Wildman–Crippen MR) is 42.5 cm³/mol. The summed E-state index contributed by atoms with van der Waals surface area (Å²) in [6.07, 6.45) is 0. The third kappa shape index (κ3) is 0.906. The number of rotatable bonds is 0. The van der Waals surface area contributed by atoms with E-state index in [0.29, 0.717) is 5.56 Å². The van der Waals surface area contributed by atoms with E-state index in [0.717, 1.165) is 5.56 Å². The maximum Gasteiger partial charge on any atom is 0.253 e. The third-order valence-electron chi connectivity index (χ3n) is 1.74. The van der Waals surface area contributed by atoms with Crippen molar-refractivity contribution in [3.63, 3.8) is 0 Å². The van der Waals surface area contributed by atoms with Crippen molar-refractivity contribution in [3.05, 3.63) is 35.4 Å². The van der Waals surface area contributed by atoms with Gasteiger partial charge in [0.1, 0.15) is 5.50 Å². The highest BCUT2D eigenvalue weighted by molar-refractivity contribution is 6.24. The van der Waals surface area contributed by atoms with Crippen molar-refractivity contribution in [2.45, 2.75) is 5.50 Å². The molecule has 0 aliphatic carbocycles.